The third kappa shape index (κ3) is 4.57. The van der Waals surface area contributed by atoms with Crippen LogP contribution in [0, 0.1) is 0 Å². The monoisotopic (exact) mass is 292 g/mol. The van der Waals surface area contributed by atoms with Crippen LogP contribution < -0.4 is 0 Å². The van der Waals surface area contributed by atoms with Crippen molar-refractivity contribution in [3.63, 3.8) is 0 Å². The molecule has 0 saturated carbocycles. The summed E-state index contributed by atoms with van der Waals surface area (Å²) in [7, 11) is 0. The van der Waals surface area contributed by atoms with Crippen molar-refractivity contribution >= 4 is 27.3 Å². The van der Waals surface area contributed by atoms with E-state index in [2.05, 4.69) is 33.1 Å². The minimum absolute atomic E-state index is 0.121. The molecule has 0 aliphatic carbocycles. The Morgan fingerprint density at radius 1 is 1.40 bits per heavy atom. The van der Waals surface area contributed by atoms with Crippen LogP contribution in [-0.2, 0) is 11.3 Å². The van der Waals surface area contributed by atoms with Crippen LogP contribution in [0.25, 0.3) is 0 Å². The summed E-state index contributed by atoms with van der Waals surface area (Å²) < 4.78 is 5.63. The molecule has 3 nitrogen and oxygen atoms in total. The fraction of sp³-hybridized carbons (Fsp3) is 0.800. The lowest BCUT2D eigenvalue weighted by Crippen LogP contribution is -2.18. The first kappa shape index (κ1) is 13.1. The largest absolute Gasteiger partial charge is 0.369 e. The standard InChI is InChI=1S/C10H17BrN2OS/c1-5-7(11)9-13-12-8(15-9)6-14-10(2,3)4/h7H,5-6H2,1-4H3. The molecule has 1 aromatic heterocycles. The lowest BCUT2D eigenvalue weighted by molar-refractivity contribution is -0.0152. The van der Waals surface area contributed by atoms with Crippen LogP contribution in [0.1, 0.15) is 49.0 Å². The molecule has 1 atom stereocenters. The molecular formula is C10H17BrN2OS. The smallest absolute Gasteiger partial charge is 0.143 e. The molecule has 5 heteroatoms. The van der Waals surface area contributed by atoms with E-state index in [-0.39, 0.29) is 5.60 Å². The molecule has 86 valence electrons. The highest BCUT2D eigenvalue weighted by Gasteiger charge is 2.14. The van der Waals surface area contributed by atoms with E-state index in [0.29, 0.717) is 11.4 Å². The normalized spacial score (nSPS) is 14.2. The molecule has 15 heavy (non-hydrogen) atoms. The van der Waals surface area contributed by atoms with Gasteiger partial charge in [-0.15, -0.1) is 10.2 Å². The molecule has 1 heterocycles. The van der Waals surface area contributed by atoms with E-state index in [4.69, 9.17) is 4.74 Å². The van der Waals surface area contributed by atoms with Gasteiger partial charge in [0.05, 0.1) is 10.4 Å². The van der Waals surface area contributed by atoms with Crippen LogP contribution in [-0.4, -0.2) is 15.8 Å². The predicted octanol–water partition coefficient (Wildman–Crippen LogP) is 3.70. The van der Waals surface area contributed by atoms with Gasteiger partial charge in [-0.2, -0.15) is 0 Å². The van der Waals surface area contributed by atoms with Gasteiger partial charge in [0.25, 0.3) is 0 Å². The molecule has 0 bridgehead atoms. The molecule has 0 N–H and O–H groups in total. The zero-order valence-electron chi connectivity index (χ0n) is 9.58. The molecule has 0 radical (unpaired) electrons. The quantitative estimate of drug-likeness (QED) is 0.794. The fourth-order valence-corrected chi connectivity index (χ4v) is 2.09. The number of alkyl halides is 1. The highest BCUT2D eigenvalue weighted by Crippen LogP contribution is 2.28. The first-order valence-electron chi connectivity index (χ1n) is 5.02. The van der Waals surface area contributed by atoms with E-state index in [9.17, 15) is 0 Å². The Kier molecular flexibility index (Phi) is 4.67. The Hall–Kier alpha value is -0.0000000000000000555. The van der Waals surface area contributed by atoms with Gasteiger partial charge in [-0.05, 0) is 27.2 Å². The first-order valence-corrected chi connectivity index (χ1v) is 6.76. The number of nitrogens with zero attached hydrogens (tertiary/aromatic N) is 2. The Balaban J connectivity index is 2.53. The van der Waals surface area contributed by atoms with Crippen LogP contribution in [0.4, 0.5) is 0 Å². The molecule has 0 saturated heterocycles. The van der Waals surface area contributed by atoms with E-state index in [1.165, 1.54) is 0 Å². The molecule has 0 aromatic carbocycles. The maximum Gasteiger partial charge on any atom is 0.143 e. The van der Waals surface area contributed by atoms with Gasteiger partial charge < -0.3 is 4.74 Å². The van der Waals surface area contributed by atoms with Crippen LogP contribution in [0.5, 0.6) is 0 Å². The number of hydrogen-bond donors (Lipinski definition) is 0. The summed E-state index contributed by atoms with van der Waals surface area (Å²) in [6.07, 6.45) is 1.02. The summed E-state index contributed by atoms with van der Waals surface area (Å²) in [5, 5.41) is 10.2. The summed E-state index contributed by atoms with van der Waals surface area (Å²) in [5.74, 6) is 0. The summed E-state index contributed by atoms with van der Waals surface area (Å²) in [5.41, 5.74) is -0.121. The number of ether oxygens (including phenoxy) is 1. The second-order valence-corrected chi connectivity index (χ2v) is 6.51. The number of hydrogen-bond acceptors (Lipinski definition) is 4. The van der Waals surface area contributed by atoms with Gasteiger partial charge in [0.1, 0.15) is 16.6 Å². The number of rotatable bonds is 4. The third-order valence-electron chi connectivity index (χ3n) is 1.74. The highest BCUT2D eigenvalue weighted by molar-refractivity contribution is 9.09. The van der Waals surface area contributed by atoms with Gasteiger partial charge in [-0.3, -0.25) is 0 Å². The summed E-state index contributed by atoms with van der Waals surface area (Å²) >= 11 is 5.17. The number of halogens is 1. The van der Waals surface area contributed by atoms with Crippen LogP contribution in [0.15, 0.2) is 0 Å². The topological polar surface area (TPSA) is 35.0 Å². The molecular weight excluding hydrogens is 276 g/mol. The number of aromatic nitrogens is 2. The zero-order chi connectivity index (χ0) is 11.5. The van der Waals surface area contributed by atoms with E-state index < -0.39 is 0 Å². The van der Waals surface area contributed by atoms with E-state index in [1.54, 1.807) is 11.3 Å². The summed E-state index contributed by atoms with van der Waals surface area (Å²) in [6, 6.07) is 0. The second-order valence-electron chi connectivity index (χ2n) is 4.31. The SMILES string of the molecule is CCC(Br)c1nnc(COC(C)(C)C)s1. The molecule has 1 rings (SSSR count). The molecule has 1 aromatic rings. The van der Waals surface area contributed by atoms with Gasteiger partial charge in [0.2, 0.25) is 0 Å². The molecule has 0 aliphatic rings. The average Bonchev–Trinajstić information content (AvgIpc) is 2.61. The lowest BCUT2D eigenvalue weighted by Gasteiger charge is -2.17. The van der Waals surface area contributed by atoms with Gasteiger partial charge in [0.15, 0.2) is 0 Å². The van der Waals surface area contributed by atoms with Gasteiger partial charge in [0, 0.05) is 0 Å². The second kappa shape index (κ2) is 5.37. The Labute approximate surface area is 103 Å². The third-order valence-corrected chi connectivity index (χ3v) is 4.13. The maximum atomic E-state index is 5.63. The molecule has 0 spiro atoms. The highest BCUT2D eigenvalue weighted by atomic mass is 79.9. The minimum atomic E-state index is -0.121. The van der Waals surface area contributed by atoms with Crippen LogP contribution >= 0.6 is 27.3 Å². The first-order chi connectivity index (χ1) is 6.92. The molecule has 0 amide bonds. The molecule has 1 unspecified atom stereocenters. The van der Waals surface area contributed by atoms with Crippen LogP contribution in [0.3, 0.4) is 0 Å². The van der Waals surface area contributed by atoms with Crippen LogP contribution in [0.2, 0.25) is 0 Å². The van der Waals surface area contributed by atoms with Crippen molar-refractivity contribution in [1.82, 2.24) is 10.2 Å². The van der Waals surface area contributed by atoms with Crippen molar-refractivity contribution in [3.8, 4) is 0 Å². The van der Waals surface area contributed by atoms with Crippen molar-refractivity contribution in [2.45, 2.75) is 51.2 Å². The Morgan fingerprint density at radius 2 is 2.07 bits per heavy atom. The van der Waals surface area contributed by atoms with Crippen molar-refractivity contribution in [2.24, 2.45) is 0 Å². The zero-order valence-corrected chi connectivity index (χ0v) is 12.0. The predicted molar refractivity (Wildman–Crippen MR) is 66.4 cm³/mol. The van der Waals surface area contributed by atoms with Crippen molar-refractivity contribution in [1.29, 1.82) is 0 Å². The van der Waals surface area contributed by atoms with E-state index in [1.807, 2.05) is 20.8 Å². The van der Waals surface area contributed by atoms with Crippen molar-refractivity contribution < 1.29 is 4.74 Å². The van der Waals surface area contributed by atoms with E-state index in [0.717, 1.165) is 16.4 Å². The maximum absolute atomic E-state index is 5.63. The van der Waals surface area contributed by atoms with E-state index >= 15 is 0 Å². The van der Waals surface area contributed by atoms with Gasteiger partial charge >= 0.3 is 0 Å². The fourth-order valence-electron chi connectivity index (χ4n) is 0.904. The molecule has 0 aliphatic heterocycles. The van der Waals surface area contributed by atoms with Gasteiger partial charge in [-0.25, -0.2) is 0 Å². The average molecular weight is 293 g/mol. The lowest BCUT2D eigenvalue weighted by atomic mass is 10.2. The summed E-state index contributed by atoms with van der Waals surface area (Å²) in [6.45, 7) is 8.77. The Morgan fingerprint density at radius 3 is 2.60 bits per heavy atom. The molecule has 0 fully saturated rings. The minimum Gasteiger partial charge on any atom is -0.369 e. The summed E-state index contributed by atoms with van der Waals surface area (Å²) in [4.78, 5) is 0.318. The Bertz CT molecular complexity index is 309. The van der Waals surface area contributed by atoms with Gasteiger partial charge in [-0.1, -0.05) is 34.2 Å². The van der Waals surface area contributed by atoms with Crippen molar-refractivity contribution in [3.05, 3.63) is 10.0 Å². The van der Waals surface area contributed by atoms with Crippen molar-refractivity contribution in [2.75, 3.05) is 0 Å².